The molecule has 7 heteroatoms. The number of hydrogen-bond donors (Lipinski definition) is 2. The predicted octanol–water partition coefficient (Wildman–Crippen LogP) is 5.71. The Morgan fingerprint density at radius 2 is 0.972 bits per heavy atom. The molecule has 0 aromatic heterocycles. The highest BCUT2D eigenvalue weighted by Crippen LogP contribution is 2.19. The Hall–Kier alpha value is -1.89. The lowest BCUT2D eigenvalue weighted by atomic mass is 10.1. The second kappa shape index (κ2) is 23.5. The van der Waals surface area contributed by atoms with Crippen molar-refractivity contribution in [2.75, 3.05) is 26.2 Å². The van der Waals surface area contributed by atoms with Crippen LogP contribution in [0.4, 0.5) is 0 Å². The molecule has 0 saturated carbocycles. The van der Waals surface area contributed by atoms with Crippen molar-refractivity contribution >= 4 is 17.9 Å². The molecule has 0 bridgehead atoms. The van der Waals surface area contributed by atoms with E-state index in [1.54, 1.807) is 0 Å². The van der Waals surface area contributed by atoms with Crippen LogP contribution in [0.3, 0.4) is 0 Å². The number of quaternary nitrogens is 1. The third kappa shape index (κ3) is 22.6. The van der Waals surface area contributed by atoms with Gasteiger partial charge in [-0.1, -0.05) is 44.8 Å². The molecule has 0 aromatic carbocycles. The van der Waals surface area contributed by atoms with Crippen LogP contribution in [0.1, 0.15) is 129 Å². The molecular formula is C29H53NO6. The summed E-state index contributed by atoms with van der Waals surface area (Å²) in [4.78, 5) is 32.7. The number of carboxylic acid groups (broad SMARTS) is 3. The Balaban J connectivity index is 4.71. The van der Waals surface area contributed by atoms with Crippen molar-refractivity contribution in [2.45, 2.75) is 129 Å². The largest absolute Gasteiger partial charge is 0.550 e. The van der Waals surface area contributed by atoms with Crippen LogP contribution in [0, 0.1) is 0 Å². The molecule has 0 aliphatic rings. The minimum atomic E-state index is -1.02. The van der Waals surface area contributed by atoms with E-state index in [4.69, 9.17) is 10.2 Å². The predicted molar refractivity (Wildman–Crippen MR) is 143 cm³/mol. The average Bonchev–Trinajstić information content (AvgIpc) is 2.82. The van der Waals surface area contributed by atoms with Crippen LogP contribution in [0.2, 0.25) is 0 Å². The fourth-order valence-electron chi connectivity index (χ4n) is 4.82. The highest BCUT2D eigenvalue weighted by molar-refractivity contribution is 5.66. The Labute approximate surface area is 219 Å². The number of carbonyl (C=O) groups excluding carboxylic acids is 1. The highest BCUT2D eigenvalue weighted by atomic mass is 16.4. The lowest BCUT2D eigenvalue weighted by Gasteiger charge is -2.39. The smallest absolute Gasteiger partial charge is 0.303 e. The molecule has 0 spiro atoms. The highest BCUT2D eigenvalue weighted by Gasteiger charge is 2.26. The number of carbonyl (C=O) groups is 3. The van der Waals surface area contributed by atoms with Gasteiger partial charge in [0, 0.05) is 18.8 Å². The van der Waals surface area contributed by atoms with E-state index in [1.807, 2.05) is 0 Å². The molecule has 2 N–H and O–H groups in total. The van der Waals surface area contributed by atoms with E-state index in [0.717, 1.165) is 75.6 Å². The van der Waals surface area contributed by atoms with Crippen LogP contribution in [0.15, 0.2) is 12.2 Å². The molecule has 0 aromatic rings. The molecule has 0 aliphatic heterocycles. The third-order valence-corrected chi connectivity index (χ3v) is 6.95. The van der Waals surface area contributed by atoms with Crippen molar-refractivity contribution < 1.29 is 34.2 Å². The SMILES string of the molecule is CCCCCCC/C=C/CCCCC[N+](CCCCC(=O)[O-])(CCCCC(=O)O)CCCCC(=O)O. The van der Waals surface area contributed by atoms with E-state index in [0.29, 0.717) is 19.3 Å². The van der Waals surface area contributed by atoms with Gasteiger partial charge >= 0.3 is 11.9 Å². The summed E-state index contributed by atoms with van der Waals surface area (Å²) in [6.07, 6.45) is 21.4. The number of hydrogen-bond acceptors (Lipinski definition) is 4. The molecule has 0 aliphatic carbocycles. The Kier molecular flexibility index (Phi) is 22.3. The molecule has 0 rings (SSSR count). The number of allylic oxidation sites excluding steroid dienone is 2. The zero-order valence-corrected chi connectivity index (χ0v) is 22.9. The van der Waals surface area contributed by atoms with E-state index in [2.05, 4.69) is 19.1 Å². The molecule has 0 saturated heterocycles. The van der Waals surface area contributed by atoms with Gasteiger partial charge in [-0.05, 0) is 83.5 Å². The van der Waals surface area contributed by atoms with Gasteiger partial charge in [0.25, 0.3) is 0 Å². The fraction of sp³-hybridized carbons (Fsp3) is 0.828. The minimum absolute atomic E-state index is 0.0585. The van der Waals surface area contributed by atoms with Gasteiger partial charge < -0.3 is 24.6 Å². The molecule has 7 nitrogen and oxygen atoms in total. The van der Waals surface area contributed by atoms with Crippen molar-refractivity contribution in [1.82, 2.24) is 0 Å². The van der Waals surface area contributed by atoms with Crippen LogP contribution >= 0.6 is 0 Å². The molecule has 0 heterocycles. The van der Waals surface area contributed by atoms with Gasteiger partial charge in [-0.25, -0.2) is 0 Å². The number of aliphatic carboxylic acids is 3. The van der Waals surface area contributed by atoms with Gasteiger partial charge in [0.05, 0.1) is 26.2 Å². The summed E-state index contributed by atoms with van der Waals surface area (Å²) in [5, 5.41) is 28.8. The van der Waals surface area contributed by atoms with Gasteiger partial charge in [-0.15, -0.1) is 0 Å². The molecule has 0 radical (unpaired) electrons. The Morgan fingerprint density at radius 3 is 1.39 bits per heavy atom. The minimum Gasteiger partial charge on any atom is -0.550 e. The van der Waals surface area contributed by atoms with Crippen LogP contribution < -0.4 is 5.11 Å². The standard InChI is InChI=1S/C29H53NO6/c1-2-3-4-5-6-7-8-9-10-11-12-16-23-30(24-17-13-20-27(31)32,25-18-14-21-28(33)34)26-19-15-22-29(35)36/h8-9H,2-7,10-26H2,1H3,(H2-,31,32,33,34,35,36)/b9-8+. The first kappa shape index (κ1) is 34.1. The Bertz CT molecular complexity index is 550. The van der Waals surface area contributed by atoms with Crippen LogP contribution in [-0.2, 0) is 14.4 Å². The summed E-state index contributed by atoms with van der Waals surface area (Å²) >= 11 is 0. The van der Waals surface area contributed by atoms with Crippen LogP contribution in [-0.4, -0.2) is 58.8 Å². The number of unbranched alkanes of at least 4 members (excludes halogenated alkanes) is 11. The quantitative estimate of drug-likeness (QED) is 0.0829. The molecule has 0 fully saturated rings. The van der Waals surface area contributed by atoms with Crippen molar-refractivity contribution in [3.63, 3.8) is 0 Å². The molecule has 0 amide bonds. The second-order valence-electron chi connectivity index (χ2n) is 10.3. The van der Waals surface area contributed by atoms with Gasteiger partial charge in [0.2, 0.25) is 0 Å². The van der Waals surface area contributed by atoms with Gasteiger partial charge in [-0.2, -0.15) is 0 Å². The van der Waals surface area contributed by atoms with Crippen molar-refractivity contribution in [2.24, 2.45) is 0 Å². The van der Waals surface area contributed by atoms with Gasteiger partial charge in [-0.3, -0.25) is 9.59 Å². The summed E-state index contributed by atoms with van der Waals surface area (Å²) in [6, 6.07) is 0. The first-order valence-corrected chi connectivity index (χ1v) is 14.4. The fourth-order valence-corrected chi connectivity index (χ4v) is 4.82. The summed E-state index contributed by atoms with van der Waals surface area (Å²) in [5.74, 6) is -2.58. The first-order valence-electron chi connectivity index (χ1n) is 14.4. The van der Waals surface area contributed by atoms with E-state index >= 15 is 0 Å². The summed E-state index contributed by atoms with van der Waals surface area (Å²) in [6.45, 7) is 5.80. The number of carboxylic acids is 3. The molecule has 0 unspecified atom stereocenters. The normalized spacial score (nSPS) is 11.8. The molecule has 36 heavy (non-hydrogen) atoms. The average molecular weight is 512 g/mol. The number of nitrogens with zero attached hydrogens (tertiary/aromatic N) is 1. The lowest BCUT2D eigenvalue weighted by molar-refractivity contribution is -0.929. The van der Waals surface area contributed by atoms with Gasteiger partial charge in [0.1, 0.15) is 0 Å². The second-order valence-corrected chi connectivity index (χ2v) is 10.3. The van der Waals surface area contributed by atoms with Crippen molar-refractivity contribution in [3.8, 4) is 0 Å². The maximum atomic E-state index is 10.9. The van der Waals surface area contributed by atoms with E-state index in [1.165, 1.54) is 38.5 Å². The summed E-state index contributed by atoms with van der Waals surface area (Å²) in [5.41, 5.74) is 0. The van der Waals surface area contributed by atoms with Gasteiger partial charge in [0.15, 0.2) is 0 Å². The third-order valence-electron chi connectivity index (χ3n) is 6.95. The first-order chi connectivity index (χ1) is 17.3. The molecule has 210 valence electrons. The van der Waals surface area contributed by atoms with Crippen molar-refractivity contribution in [3.05, 3.63) is 12.2 Å². The zero-order valence-electron chi connectivity index (χ0n) is 22.9. The zero-order chi connectivity index (χ0) is 26.9. The van der Waals surface area contributed by atoms with Crippen LogP contribution in [0.5, 0.6) is 0 Å². The number of rotatable bonds is 27. The van der Waals surface area contributed by atoms with E-state index in [-0.39, 0.29) is 19.3 Å². The van der Waals surface area contributed by atoms with Crippen LogP contribution in [0.25, 0.3) is 0 Å². The maximum absolute atomic E-state index is 10.9. The monoisotopic (exact) mass is 511 g/mol. The summed E-state index contributed by atoms with van der Waals surface area (Å²) in [7, 11) is 0. The van der Waals surface area contributed by atoms with Crippen molar-refractivity contribution in [1.29, 1.82) is 0 Å². The molecule has 0 atom stereocenters. The summed E-state index contributed by atoms with van der Waals surface area (Å²) < 4.78 is 0.833. The molecular weight excluding hydrogens is 458 g/mol. The maximum Gasteiger partial charge on any atom is 0.303 e. The Morgan fingerprint density at radius 1 is 0.583 bits per heavy atom. The topological polar surface area (TPSA) is 115 Å². The van der Waals surface area contributed by atoms with E-state index in [9.17, 15) is 19.5 Å². The lowest BCUT2D eigenvalue weighted by Crippen LogP contribution is -2.51. The van der Waals surface area contributed by atoms with E-state index < -0.39 is 17.9 Å².